The summed E-state index contributed by atoms with van der Waals surface area (Å²) in [5, 5.41) is 2.73. The van der Waals surface area contributed by atoms with E-state index in [0.29, 0.717) is 0 Å². The van der Waals surface area contributed by atoms with Gasteiger partial charge in [-0.2, -0.15) is 0 Å². The Hall–Kier alpha value is -1.05. The van der Waals surface area contributed by atoms with Crippen molar-refractivity contribution in [3.8, 4) is 0 Å². The first-order chi connectivity index (χ1) is 6.27. The van der Waals surface area contributed by atoms with Crippen LogP contribution in [0.1, 0.15) is 33.1 Å². The first-order valence-electron chi connectivity index (χ1n) is 4.84. The van der Waals surface area contributed by atoms with Gasteiger partial charge in [-0.15, -0.1) is 0 Å². The van der Waals surface area contributed by atoms with Crippen LogP contribution < -0.4 is 5.32 Å². The van der Waals surface area contributed by atoms with Gasteiger partial charge in [-0.05, 0) is 44.3 Å². The van der Waals surface area contributed by atoms with E-state index in [1.165, 1.54) is 24.0 Å². The van der Waals surface area contributed by atoms with Crippen molar-refractivity contribution < 1.29 is 4.79 Å². The van der Waals surface area contributed by atoms with Gasteiger partial charge in [0.05, 0.1) is 0 Å². The number of hydrogen-bond donors (Lipinski definition) is 1. The molecule has 0 aromatic carbocycles. The Kier molecular flexibility index (Phi) is 3.74. The molecule has 0 heterocycles. The molecule has 1 amide bonds. The summed E-state index contributed by atoms with van der Waals surface area (Å²) in [7, 11) is 0. The second-order valence-corrected chi connectivity index (χ2v) is 3.43. The minimum absolute atomic E-state index is 0.153. The fourth-order valence-electron chi connectivity index (χ4n) is 1.77. The Balaban J connectivity index is 2.64. The summed E-state index contributed by atoms with van der Waals surface area (Å²) in [4.78, 5) is 10.2. The average Bonchev–Trinajstić information content (AvgIpc) is 2.52. The van der Waals surface area contributed by atoms with Crippen LogP contribution in [-0.2, 0) is 4.79 Å². The van der Waals surface area contributed by atoms with Gasteiger partial charge in [0.25, 0.3) is 0 Å². The van der Waals surface area contributed by atoms with Gasteiger partial charge >= 0.3 is 0 Å². The van der Waals surface area contributed by atoms with Crippen LogP contribution in [0.4, 0.5) is 0 Å². The quantitative estimate of drug-likeness (QED) is 0.661. The average molecular weight is 179 g/mol. The molecule has 2 heteroatoms. The maximum Gasteiger partial charge on any atom is 0.207 e. The van der Waals surface area contributed by atoms with Gasteiger partial charge in [0.15, 0.2) is 0 Å². The highest BCUT2D eigenvalue weighted by Crippen LogP contribution is 2.30. The molecule has 72 valence electrons. The molecule has 1 atom stereocenters. The summed E-state index contributed by atoms with van der Waals surface area (Å²) in [5.74, 6) is 0. The Labute approximate surface area is 79.7 Å². The third-order valence-corrected chi connectivity index (χ3v) is 2.44. The van der Waals surface area contributed by atoms with E-state index in [9.17, 15) is 4.79 Å². The number of carbonyl (C=O) groups excluding carboxylic acids is 1. The van der Waals surface area contributed by atoms with Crippen molar-refractivity contribution in [2.24, 2.45) is 0 Å². The molecule has 1 aliphatic rings. The van der Waals surface area contributed by atoms with E-state index in [0.717, 1.165) is 12.8 Å². The summed E-state index contributed by atoms with van der Waals surface area (Å²) in [6, 6.07) is 0.153. The second kappa shape index (κ2) is 4.85. The predicted octanol–water partition coefficient (Wildman–Crippen LogP) is 2.18. The van der Waals surface area contributed by atoms with E-state index in [1.54, 1.807) is 0 Å². The summed E-state index contributed by atoms with van der Waals surface area (Å²) >= 11 is 0. The van der Waals surface area contributed by atoms with Crippen LogP contribution in [0.15, 0.2) is 23.3 Å². The second-order valence-electron chi connectivity index (χ2n) is 3.43. The van der Waals surface area contributed by atoms with Gasteiger partial charge in [-0.25, -0.2) is 0 Å². The zero-order valence-corrected chi connectivity index (χ0v) is 8.34. The minimum atomic E-state index is 0.153. The SMILES string of the molecule is C/C=C1/CCC/C1=C/C(C)NC=O. The molecule has 1 aliphatic carbocycles. The lowest BCUT2D eigenvalue weighted by Crippen LogP contribution is -2.22. The van der Waals surface area contributed by atoms with Crippen molar-refractivity contribution >= 4 is 6.41 Å². The summed E-state index contributed by atoms with van der Waals surface area (Å²) < 4.78 is 0. The van der Waals surface area contributed by atoms with Crippen molar-refractivity contribution in [3.63, 3.8) is 0 Å². The molecule has 0 aromatic rings. The number of nitrogens with one attached hydrogen (secondary N) is 1. The molecule has 2 nitrogen and oxygen atoms in total. The van der Waals surface area contributed by atoms with Crippen molar-refractivity contribution in [3.05, 3.63) is 23.3 Å². The highest BCUT2D eigenvalue weighted by atomic mass is 16.1. The van der Waals surface area contributed by atoms with Crippen LogP contribution in [0.25, 0.3) is 0 Å². The van der Waals surface area contributed by atoms with Crippen molar-refractivity contribution in [1.82, 2.24) is 5.32 Å². The maximum absolute atomic E-state index is 10.2. The van der Waals surface area contributed by atoms with E-state index < -0.39 is 0 Å². The Bertz CT molecular complexity index is 240. The van der Waals surface area contributed by atoms with Crippen molar-refractivity contribution in [1.29, 1.82) is 0 Å². The largest absolute Gasteiger partial charge is 0.353 e. The van der Waals surface area contributed by atoms with Gasteiger partial charge in [-0.3, -0.25) is 4.79 Å². The van der Waals surface area contributed by atoms with E-state index in [2.05, 4.69) is 24.4 Å². The molecular weight excluding hydrogens is 162 g/mol. The van der Waals surface area contributed by atoms with E-state index >= 15 is 0 Å². The third-order valence-electron chi connectivity index (χ3n) is 2.44. The lowest BCUT2D eigenvalue weighted by molar-refractivity contribution is -0.109. The number of carbonyl (C=O) groups is 1. The molecule has 1 fully saturated rings. The van der Waals surface area contributed by atoms with Crippen LogP contribution in [0.2, 0.25) is 0 Å². The molecule has 0 saturated heterocycles. The minimum Gasteiger partial charge on any atom is -0.353 e. The predicted molar refractivity (Wildman–Crippen MR) is 54.4 cm³/mol. The molecular formula is C11H17NO. The first-order valence-corrected chi connectivity index (χ1v) is 4.84. The fourth-order valence-corrected chi connectivity index (χ4v) is 1.77. The van der Waals surface area contributed by atoms with Crippen LogP contribution in [-0.4, -0.2) is 12.5 Å². The molecule has 0 aliphatic heterocycles. The summed E-state index contributed by atoms with van der Waals surface area (Å²) in [6.45, 7) is 4.07. The zero-order valence-electron chi connectivity index (χ0n) is 8.34. The number of rotatable bonds is 3. The highest BCUT2D eigenvalue weighted by molar-refractivity contribution is 5.48. The Morgan fingerprint density at radius 2 is 2.08 bits per heavy atom. The Morgan fingerprint density at radius 3 is 2.69 bits per heavy atom. The van der Waals surface area contributed by atoms with Crippen LogP contribution in [0.3, 0.4) is 0 Å². The topological polar surface area (TPSA) is 29.1 Å². The van der Waals surface area contributed by atoms with Gasteiger partial charge in [0.2, 0.25) is 6.41 Å². The molecule has 1 rings (SSSR count). The van der Waals surface area contributed by atoms with Crippen molar-refractivity contribution in [2.45, 2.75) is 39.2 Å². The first kappa shape index (κ1) is 10.0. The molecule has 0 radical (unpaired) electrons. The lowest BCUT2D eigenvalue weighted by Gasteiger charge is -2.06. The van der Waals surface area contributed by atoms with Gasteiger partial charge in [-0.1, -0.05) is 12.2 Å². The highest BCUT2D eigenvalue weighted by Gasteiger charge is 2.12. The zero-order chi connectivity index (χ0) is 9.68. The maximum atomic E-state index is 10.2. The molecule has 0 bridgehead atoms. The smallest absolute Gasteiger partial charge is 0.207 e. The molecule has 1 saturated carbocycles. The standard InChI is InChI=1S/C11H17NO/c1-3-10-5-4-6-11(10)7-9(2)12-8-13/h3,7-9H,4-6H2,1-2H3,(H,12,13)/b10-3-,11-7-. The normalized spacial score (nSPS) is 25.1. The molecule has 1 unspecified atom stereocenters. The van der Waals surface area contributed by atoms with Crippen LogP contribution >= 0.6 is 0 Å². The van der Waals surface area contributed by atoms with E-state index in [4.69, 9.17) is 0 Å². The van der Waals surface area contributed by atoms with Crippen LogP contribution in [0, 0.1) is 0 Å². The number of allylic oxidation sites excluding steroid dienone is 3. The van der Waals surface area contributed by atoms with Crippen molar-refractivity contribution in [2.75, 3.05) is 0 Å². The molecule has 1 N–H and O–H groups in total. The lowest BCUT2D eigenvalue weighted by atomic mass is 10.1. The van der Waals surface area contributed by atoms with Gasteiger partial charge < -0.3 is 5.32 Å². The number of amides is 1. The van der Waals surface area contributed by atoms with E-state index in [1.807, 2.05) is 6.92 Å². The molecule has 13 heavy (non-hydrogen) atoms. The Morgan fingerprint density at radius 1 is 1.38 bits per heavy atom. The monoisotopic (exact) mass is 179 g/mol. The van der Waals surface area contributed by atoms with Crippen LogP contribution in [0.5, 0.6) is 0 Å². The molecule has 0 aromatic heterocycles. The summed E-state index contributed by atoms with van der Waals surface area (Å²) in [6.07, 6.45) is 8.68. The third kappa shape index (κ3) is 2.72. The van der Waals surface area contributed by atoms with Gasteiger partial charge in [0.1, 0.15) is 0 Å². The van der Waals surface area contributed by atoms with E-state index in [-0.39, 0.29) is 6.04 Å². The van der Waals surface area contributed by atoms with Gasteiger partial charge in [0, 0.05) is 6.04 Å². The summed E-state index contributed by atoms with van der Waals surface area (Å²) in [5.41, 5.74) is 2.85. The number of hydrogen-bond acceptors (Lipinski definition) is 1. The molecule has 0 spiro atoms. The fraction of sp³-hybridized carbons (Fsp3) is 0.545.